The Morgan fingerprint density at radius 2 is 1.60 bits per heavy atom. The van der Waals surface area contributed by atoms with E-state index < -0.39 is 29.2 Å². The van der Waals surface area contributed by atoms with Crippen LogP contribution in [0.15, 0.2) is 30.3 Å². The van der Waals surface area contributed by atoms with E-state index >= 15 is 0 Å². The summed E-state index contributed by atoms with van der Waals surface area (Å²) < 4.78 is 51.7. The summed E-state index contributed by atoms with van der Waals surface area (Å²) in [5, 5.41) is 2.37. The van der Waals surface area contributed by atoms with E-state index in [1.165, 1.54) is 12.1 Å². The van der Waals surface area contributed by atoms with Gasteiger partial charge in [0.15, 0.2) is 17.5 Å². The monoisotopic (exact) mass is 283 g/mol. The van der Waals surface area contributed by atoms with Gasteiger partial charge in [0.2, 0.25) is 0 Å². The molecule has 0 fully saturated rings. The number of carbonyl (C=O) groups is 1. The third-order valence-corrected chi connectivity index (χ3v) is 2.68. The lowest BCUT2D eigenvalue weighted by molar-refractivity contribution is 0.102. The maximum atomic E-state index is 13.0. The number of amides is 1. The minimum absolute atomic E-state index is 0.293. The highest BCUT2D eigenvalue weighted by Crippen LogP contribution is 2.18. The molecule has 0 saturated carbocycles. The van der Waals surface area contributed by atoms with E-state index in [1.54, 1.807) is 6.92 Å². The summed E-state index contributed by atoms with van der Waals surface area (Å²) in [5.74, 6) is -5.84. The fraction of sp³-hybridized carbons (Fsp3) is 0.0714. The zero-order valence-corrected chi connectivity index (χ0v) is 10.3. The Bertz CT molecular complexity index is 662. The molecule has 0 aliphatic carbocycles. The SMILES string of the molecule is Cc1cc(F)ccc1NC(=O)c1cc(F)c(F)c(F)c1. The van der Waals surface area contributed by atoms with E-state index in [2.05, 4.69) is 5.32 Å². The minimum atomic E-state index is -1.64. The second-order valence-corrected chi connectivity index (χ2v) is 4.17. The Morgan fingerprint density at radius 3 is 2.15 bits per heavy atom. The molecular weight excluding hydrogens is 274 g/mol. The van der Waals surface area contributed by atoms with E-state index in [0.29, 0.717) is 23.4 Å². The Morgan fingerprint density at radius 1 is 1.00 bits per heavy atom. The van der Waals surface area contributed by atoms with E-state index in [0.717, 1.165) is 6.07 Å². The number of carbonyl (C=O) groups excluding carboxylic acids is 1. The second kappa shape index (κ2) is 5.32. The van der Waals surface area contributed by atoms with Gasteiger partial charge in [-0.3, -0.25) is 4.79 Å². The molecule has 2 nitrogen and oxygen atoms in total. The minimum Gasteiger partial charge on any atom is -0.322 e. The largest absolute Gasteiger partial charge is 0.322 e. The van der Waals surface area contributed by atoms with Gasteiger partial charge in [0.25, 0.3) is 5.91 Å². The highest BCUT2D eigenvalue weighted by Gasteiger charge is 2.15. The van der Waals surface area contributed by atoms with Crippen LogP contribution in [0.4, 0.5) is 23.2 Å². The van der Waals surface area contributed by atoms with Crippen LogP contribution in [-0.4, -0.2) is 5.91 Å². The van der Waals surface area contributed by atoms with E-state index in [-0.39, 0.29) is 5.56 Å². The first-order valence-electron chi connectivity index (χ1n) is 5.60. The van der Waals surface area contributed by atoms with Gasteiger partial charge in [-0.25, -0.2) is 17.6 Å². The summed E-state index contributed by atoms with van der Waals surface area (Å²) in [6, 6.07) is 4.83. The van der Waals surface area contributed by atoms with Crippen LogP contribution in [0, 0.1) is 30.2 Å². The lowest BCUT2D eigenvalue weighted by Crippen LogP contribution is -2.14. The van der Waals surface area contributed by atoms with Gasteiger partial charge >= 0.3 is 0 Å². The molecule has 0 spiro atoms. The molecular formula is C14H9F4NO. The fourth-order valence-electron chi connectivity index (χ4n) is 1.65. The Labute approximate surface area is 112 Å². The number of rotatable bonds is 2. The van der Waals surface area contributed by atoms with Crippen molar-refractivity contribution in [2.24, 2.45) is 0 Å². The summed E-state index contributed by atoms with van der Waals surface area (Å²) in [6.45, 7) is 1.56. The van der Waals surface area contributed by atoms with Gasteiger partial charge < -0.3 is 5.32 Å². The first-order valence-corrected chi connectivity index (χ1v) is 5.60. The van der Waals surface area contributed by atoms with Crippen LogP contribution in [0.25, 0.3) is 0 Å². The van der Waals surface area contributed by atoms with Crippen LogP contribution in [0.5, 0.6) is 0 Å². The normalized spacial score (nSPS) is 10.4. The number of benzene rings is 2. The standard InChI is InChI=1S/C14H9F4NO/c1-7-4-9(15)2-3-12(7)19-14(20)8-5-10(16)13(18)11(17)6-8/h2-6H,1H3,(H,19,20). The first-order chi connectivity index (χ1) is 9.38. The molecule has 0 bridgehead atoms. The van der Waals surface area contributed by atoms with Gasteiger partial charge in [-0.15, -0.1) is 0 Å². The van der Waals surface area contributed by atoms with Crippen molar-refractivity contribution in [3.8, 4) is 0 Å². The molecule has 0 aliphatic rings. The summed E-state index contributed by atoms with van der Waals surface area (Å²) in [4.78, 5) is 11.8. The highest BCUT2D eigenvalue weighted by molar-refractivity contribution is 6.04. The van der Waals surface area contributed by atoms with E-state index in [1.807, 2.05) is 0 Å². The molecule has 0 heterocycles. The van der Waals surface area contributed by atoms with E-state index in [9.17, 15) is 22.4 Å². The molecule has 2 rings (SSSR count). The van der Waals surface area contributed by atoms with Crippen molar-refractivity contribution >= 4 is 11.6 Å². The second-order valence-electron chi connectivity index (χ2n) is 4.17. The number of hydrogen-bond donors (Lipinski definition) is 1. The predicted molar refractivity (Wildman–Crippen MR) is 65.4 cm³/mol. The van der Waals surface area contributed by atoms with Gasteiger partial charge in [0.1, 0.15) is 5.82 Å². The molecule has 0 radical (unpaired) electrons. The summed E-state index contributed by atoms with van der Waals surface area (Å²) in [5.41, 5.74) is 0.369. The number of aryl methyl sites for hydroxylation is 1. The van der Waals surface area contributed by atoms with Crippen LogP contribution in [-0.2, 0) is 0 Å². The van der Waals surface area contributed by atoms with Gasteiger partial charge in [-0.05, 0) is 42.8 Å². The predicted octanol–water partition coefficient (Wildman–Crippen LogP) is 3.80. The molecule has 0 atom stereocenters. The number of anilines is 1. The van der Waals surface area contributed by atoms with Crippen molar-refractivity contribution < 1.29 is 22.4 Å². The highest BCUT2D eigenvalue weighted by atomic mass is 19.2. The Balaban J connectivity index is 2.28. The van der Waals surface area contributed by atoms with Gasteiger partial charge in [0.05, 0.1) is 0 Å². The van der Waals surface area contributed by atoms with Crippen molar-refractivity contribution in [3.05, 3.63) is 64.7 Å². The molecule has 2 aromatic carbocycles. The number of hydrogen-bond acceptors (Lipinski definition) is 1. The third-order valence-electron chi connectivity index (χ3n) is 2.68. The summed E-state index contributed by atoms with van der Waals surface area (Å²) in [7, 11) is 0. The Hall–Kier alpha value is -2.37. The molecule has 0 aromatic heterocycles. The third kappa shape index (κ3) is 2.79. The molecule has 1 N–H and O–H groups in total. The van der Waals surface area contributed by atoms with E-state index in [4.69, 9.17) is 0 Å². The van der Waals surface area contributed by atoms with Crippen LogP contribution in [0.2, 0.25) is 0 Å². The van der Waals surface area contributed by atoms with Crippen molar-refractivity contribution in [2.75, 3.05) is 5.32 Å². The number of halogens is 4. The van der Waals surface area contributed by atoms with Crippen LogP contribution >= 0.6 is 0 Å². The molecule has 0 unspecified atom stereocenters. The molecule has 20 heavy (non-hydrogen) atoms. The summed E-state index contributed by atoms with van der Waals surface area (Å²) >= 11 is 0. The lowest BCUT2D eigenvalue weighted by Gasteiger charge is -2.09. The lowest BCUT2D eigenvalue weighted by atomic mass is 10.1. The van der Waals surface area contributed by atoms with Gasteiger partial charge in [-0.2, -0.15) is 0 Å². The molecule has 104 valence electrons. The Kier molecular flexibility index (Phi) is 3.74. The maximum Gasteiger partial charge on any atom is 0.255 e. The zero-order valence-electron chi connectivity index (χ0n) is 10.3. The molecule has 2 aromatic rings. The van der Waals surface area contributed by atoms with Crippen LogP contribution in [0.3, 0.4) is 0 Å². The maximum absolute atomic E-state index is 13.0. The van der Waals surface area contributed by atoms with Gasteiger partial charge in [0, 0.05) is 11.3 Å². The molecule has 6 heteroatoms. The first kappa shape index (κ1) is 14.0. The van der Waals surface area contributed by atoms with Crippen molar-refractivity contribution in [2.45, 2.75) is 6.92 Å². The smallest absolute Gasteiger partial charge is 0.255 e. The van der Waals surface area contributed by atoms with Crippen molar-refractivity contribution in [1.82, 2.24) is 0 Å². The van der Waals surface area contributed by atoms with Gasteiger partial charge in [-0.1, -0.05) is 0 Å². The molecule has 1 amide bonds. The fourth-order valence-corrected chi connectivity index (χ4v) is 1.65. The van der Waals surface area contributed by atoms with Crippen LogP contribution in [0.1, 0.15) is 15.9 Å². The van der Waals surface area contributed by atoms with Crippen molar-refractivity contribution in [1.29, 1.82) is 0 Å². The van der Waals surface area contributed by atoms with Crippen molar-refractivity contribution in [3.63, 3.8) is 0 Å². The topological polar surface area (TPSA) is 29.1 Å². The molecule has 0 saturated heterocycles. The average molecular weight is 283 g/mol. The average Bonchev–Trinajstić information content (AvgIpc) is 2.38. The quantitative estimate of drug-likeness (QED) is 0.659. The zero-order chi connectivity index (χ0) is 14.9. The van der Waals surface area contributed by atoms with Crippen LogP contribution < -0.4 is 5.32 Å². The summed E-state index contributed by atoms with van der Waals surface area (Å²) in [6.07, 6.45) is 0. The number of nitrogens with one attached hydrogen (secondary N) is 1. The molecule has 0 aliphatic heterocycles.